The molecule has 0 aromatic carbocycles. The van der Waals surface area contributed by atoms with E-state index in [0.29, 0.717) is 11.5 Å². The van der Waals surface area contributed by atoms with Crippen molar-refractivity contribution in [3.8, 4) is 10.6 Å². The van der Waals surface area contributed by atoms with Gasteiger partial charge in [-0.25, -0.2) is 4.98 Å². The lowest BCUT2D eigenvalue weighted by molar-refractivity contribution is 0.0310. The van der Waals surface area contributed by atoms with Crippen LogP contribution in [0.3, 0.4) is 0 Å². The molecule has 0 saturated carbocycles. The van der Waals surface area contributed by atoms with Gasteiger partial charge < -0.3 is 4.74 Å². The van der Waals surface area contributed by atoms with Crippen LogP contribution in [-0.2, 0) is 28.3 Å². The highest BCUT2D eigenvalue weighted by Gasteiger charge is 2.18. The summed E-state index contributed by atoms with van der Waals surface area (Å²) in [7, 11) is 0.978. The van der Waals surface area contributed by atoms with Crippen molar-refractivity contribution < 1.29 is 8.95 Å². The third-order valence-electron chi connectivity index (χ3n) is 3.46. The van der Waals surface area contributed by atoms with E-state index in [1.165, 1.54) is 6.42 Å². The summed E-state index contributed by atoms with van der Waals surface area (Å²) in [4.78, 5) is 4.56. The Morgan fingerprint density at radius 3 is 3.14 bits per heavy atom. The second-order valence-corrected chi connectivity index (χ2v) is 7.65. The summed E-state index contributed by atoms with van der Waals surface area (Å²) in [5.74, 6) is 1.14. The molecule has 2 unspecified atom stereocenters. The van der Waals surface area contributed by atoms with Crippen LogP contribution in [0, 0.1) is 0 Å². The van der Waals surface area contributed by atoms with Crippen LogP contribution < -0.4 is 0 Å². The third kappa shape index (κ3) is 3.99. The lowest BCUT2D eigenvalue weighted by Gasteiger charge is -2.21. The van der Waals surface area contributed by atoms with Crippen molar-refractivity contribution in [1.29, 1.82) is 0 Å². The second-order valence-electron chi connectivity index (χ2n) is 5.29. The average Bonchev–Trinajstić information content (AvgIpc) is 3.09. The molecule has 0 bridgehead atoms. The molecule has 1 aliphatic heterocycles. The van der Waals surface area contributed by atoms with Gasteiger partial charge in [-0.2, -0.15) is 5.10 Å². The molecule has 3 rings (SSSR count). The predicted octanol–water partition coefficient (Wildman–Crippen LogP) is 2.36. The molecular weight excluding hydrogens is 306 g/mol. The van der Waals surface area contributed by atoms with Gasteiger partial charge in [-0.1, -0.05) is 0 Å². The Balaban J connectivity index is 1.57. The first kappa shape index (κ1) is 14.9. The minimum absolute atomic E-state index is 0.163. The fourth-order valence-electron chi connectivity index (χ4n) is 2.41. The van der Waals surface area contributed by atoms with Crippen molar-refractivity contribution in [2.24, 2.45) is 7.05 Å². The highest BCUT2D eigenvalue weighted by molar-refractivity contribution is 7.84. The molecule has 3 heterocycles. The number of hydrogen-bond donors (Lipinski definition) is 0. The van der Waals surface area contributed by atoms with Gasteiger partial charge in [0.05, 0.1) is 29.5 Å². The van der Waals surface area contributed by atoms with Gasteiger partial charge in [0.25, 0.3) is 0 Å². The van der Waals surface area contributed by atoms with Crippen molar-refractivity contribution in [2.45, 2.75) is 31.1 Å². The van der Waals surface area contributed by atoms with Gasteiger partial charge >= 0.3 is 0 Å². The Bertz CT molecular complexity index is 617. The number of aryl methyl sites for hydroxylation is 1. The van der Waals surface area contributed by atoms with E-state index in [1.54, 1.807) is 22.2 Å². The van der Waals surface area contributed by atoms with E-state index in [-0.39, 0.29) is 6.10 Å². The first-order valence-corrected chi connectivity index (χ1v) is 9.47. The van der Waals surface area contributed by atoms with Crippen LogP contribution in [0.5, 0.6) is 0 Å². The normalized spacial score (nSPS) is 20.5. The summed E-state index contributed by atoms with van der Waals surface area (Å²) < 4.78 is 19.6. The van der Waals surface area contributed by atoms with Gasteiger partial charge in [0.15, 0.2) is 0 Å². The van der Waals surface area contributed by atoms with Crippen LogP contribution in [0.25, 0.3) is 10.6 Å². The number of rotatable bonds is 5. The molecule has 21 heavy (non-hydrogen) atoms. The van der Waals surface area contributed by atoms with Gasteiger partial charge in [0.1, 0.15) is 5.01 Å². The lowest BCUT2D eigenvalue weighted by atomic mass is 10.1. The fraction of sp³-hybridized carbons (Fsp3) is 0.571. The first-order chi connectivity index (χ1) is 10.2. The topological polar surface area (TPSA) is 57.0 Å². The Kier molecular flexibility index (Phi) is 4.82. The molecule has 0 radical (unpaired) electrons. The van der Waals surface area contributed by atoms with Crippen LogP contribution in [0.1, 0.15) is 25.0 Å². The van der Waals surface area contributed by atoms with Gasteiger partial charge in [-0.15, -0.1) is 11.3 Å². The Labute approximate surface area is 130 Å². The van der Waals surface area contributed by atoms with Crippen LogP contribution in [0.15, 0.2) is 17.8 Å². The molecule has 2 aromatic rings. The molecule has 2 aromatic heterocycles. The molecule has 1 aliphatic rings. The van der Waals surface area contributed by atoms with Crippen LogP contribution in [-0.4, -0.2) is 37.4 Å². The molecule has 0 amide bonds. The first-order valence-electron chi connectivity index (χ1n) is 7.11. The number of hydrogen-bond acceptors (Lipinski definition) is 5. The van der Waals surface area contributed by atoms with E-state index in [4.69, 9.17) is 4.74 Å². The molecule has 0 aliphatic carbocycles. The SMILES string of the molecule is Cn1cc(-c2nc(CS(=O)CC3CCCCO3)cs2)cn1. The van der Waals surface area contributed by atoms with Crippen molar-refractivity contribution in [3.63, 3.8) is 0 Å². The Morgan fingerprint density at radius 1 is 1.52 bits per heavy atom. The molecule has 0 spiro atoms. The van der Waals surface area contributed by atoms with Crippen LogP contribution in [0.4, 0.5) is 0 Å². The molecule has 114 valence electrons. The summed E-state index contributed by atoms with van der Waals surface area (Å²) in [6.45, 7) is 0.809. The summed E-state index contributed by atoms with van der Waals surface area (Å²) >= 11 is 1.57. The van der Waals surface area contributed by atoms with Crippen molar-refractivity contribution in [3.05, 3.63) is 23.5 Å². The van der Waals surface area contributed by atoms with Crippen LogP contribution >= 0.6 is 11.3 Å². The average molecular weight is 325 g/mol. The standard InChI is InChI=1S/C14H19N3O2S2/c1-17-7-11(6-15-17)14-16-12(8-20-14)9-21(18)10-13-4-2-3-5-19-13/h6-8,13H,2-5,9-10H2,1H3. The van der Waals surface area contributed by atoms with E-state index in [1.807, 2.05) is 18.6 Å². The minimum Gasteiger partial charge on any atom is -0.377 e. The minimum atomic E-state index is -0.908. The largest absolute Gasteiger partial charge is 0.377 e. The molecule has 0 N–H and O–H groups in total. The number of nitrogens with zero attached hydrogens (tertiary/aromatic N) is 3. The molecular formula is C14H19N3O2S2. The number of thiazole rings is 1. The maximum Gasteiger partial charge on any atom is 0.126 e. The quantitative estimate of drug-likeness (QED) is 0.847. The third-order valence-corrected chi connectivity index (χ3v) is 5.76. The zero-order valence-corrected chi connectivity index (χ0v) is 13.7. The number of ether oxygens (including phenoxy) is 1. The fourth-order valence-corrected chi connectivity index (χ4v) is 4.58. The van der Waals surface area contributed by atoms with Gasteiger partial charge in [-0.3, -0.25) is 8.89 Å². The monoisotopic (exact) mass is 325 g/mol. The highest BCUT2D eigenvalue weighted by Crippen LogP contribution is 2.24. The zero-order chi connectivity index (χ0) is 14.7. The maximum atomic E-state index is 12.2. The summed E-state index contributed by atoms with van der Waals surface area (Å²) in [6, 6.07) is 0. The van der Waals surface area contributed by atoms with Crippen LogP contribution in [0.2, 0.25) is 0 Å². The predicted molar refractivity (Wildman–Crippen MR) is 84.6 cm³/mol. The van der Waals surface area contributed by atoms with E-state index < -0.39 is 10.8 Å². The van der Waals surface area contributed by atoms with Gasteiger partial charge in [0, 0.05) is 41.6 Å². The van der Waals surface area contributed by atoms with Crippen molar-refractivity contribution in [1.82, 2.24) is 14.8 Å². The smallest absolute Gasteiger partial charge is 0.126 e. The maximum absolute atomic E-state index is 12.2. The second kappa shape index (κ2) is 6.81. The van der Waals surface area contributed by atoms with Gasteiger partial charge in [0.2, 0.25) is 0 Å². The molecule has 2 atom stereocenters. The van der Waals surface area contributed by atoms with E-state index in [0.717, 1.165) is 35.7 Å². The summed E-state index contributed by atoms with van der Waals surface area (Å²) in [5, 5.41) is 7.07. The Morgan fingerprint density at radius 2 is 2.43 bits per heavy atom. The van der Waals surface area contributed by atoms with E-state index >= 15 is 0 Å². The molecule has 5 nitrogen and oxygen atoms in total. The van der Waals surface area contributed by atoms with Crippen molar-refractivity contribution >= 4 is 22.1 Å². The molecule has 1 saturated heterocycles. The number of aromatic nitrogens is 3. The molecule has 1 fully saturated rings. The van der Waals surface area contributed by atoms with E-state index in [2.05, 4.69) is 10.1 Å². The highest BCUT2D eigenvalue weighted by atomic mass is 32.2. The van der Waals surface area contributed by atoms with Crippen molar-refractivity contribution in [2.75, 3.05) is 12.4 Å². The molecule has 7 heteroatoms. The van der Waals surface area contributed by atoms with E-state index in [9.17, 15) is 4.21 Å². The lowest BCUT2D eigenvalue weighted by Crippen LogP contribution is -2.25. The zero-order valence-electron chi connectivity index (χ0n) is 12.0. The van der Waals surface area contributed by atoms with Gasteiger partial charge in [-0.05, 0) is 19.3 Å². The Hall–Kier alpha value is -1.05. The summed E-state index contributed by atoms with van der Waals surface area (Å²) in [6.07, 6.45) is 7.25. The summed E-state index contributed by atoms with van der Waals surface area (Å²) in [5.41, 5.74) is 1.91.